The lowest BCUT2D eigenvalue weighted by Gasteiger charge is -2.53. The fourth-order valence-corrected chi connectivity index (χ4v) is 14.9. The van der Waals surface area contributed by atoms with Gasteiger partial charge in [0, 0.05) is 13.8 Å². The van der Waals surface area contributed by atoms with Gasteiger partial charge in [-0.15, -0.1) is 0 Å². The Kier molecular flexibility index (Phi) is 32.2. The Morgan fingerprint density at radius 1 is 0.248 bits per heavy atom. The van der Waals surface area contributed by atoms with Crippen LogP contribution in [0.2, 0.25) is 0 Å². The molecular weight excluding hydrogens is 1550 g/mol. The Bertz CT molecular complexity index is 2970. The van der Waals surface area contributed by atoms with Gasteiger partial charge in [0.15, 0.2) is 62.9 Å². The molecular formula is C64H108N2O47. The Hall–Kier alpha value is -2.86. The molecule has 113 heavy (non-hydrogen) atoms. The molecule has 10 rings (SSSR count). The Balaban J connectivity index is 1.03. The summed E-state index contributed by atoms with van der Waals surface area (Å²) in [4.78, 5) is 27.1. The number of amides is 2. The van der Waals surface area contributed by atoms with Crippen LogP contribution >= 0.6 is 0 Å². The molecule has 10 heterocycles. The lowest BCUT2D eigenvalue weighted by Crippen LogP contribution is -2.72. The second kappa shape index (κ2) is 39.3. The molecule has 28 N–H and O–H groups in total. The van der Waals surface area contributed by atoms with E-state index in [0.29, 0.717) is 0 Å². The summed E-state index contributed by atoms with van der Waals surface area (Å²) >= 11 is 0. The van der Waals surface area contributed by atoms with Crippen LogP contribution in [0.5, 0.6) is 0 Å². The van der Waals surface area contributed by atoms with Gasteiger partial charge in [-0.2, -0.15) is 0 Å². The average Bonchev–Trinajstić information content (AvgIpc) is 0.757. The second-order valence-corrected chi connectivity index (χ2v) is 29.4. The zero-order valence-corrected chi connectivity index (χ0v) is 61.3. The van der Waals surface area contributed by atoms with Crippen LogP contribution in [0.15, 0.2) is 0 Å². The first-order chi connectivity index (χ1) is 53.3. The number of aliphatic hydroxyl groups is 26. The topological polar surface area (TPSA) is 760 Å². The summed E-state index contributed by atoms with van der Waals surface area (Å²) in [6, 6.07) is -4.07. The Morgan fingerprint density at radius 3 is 0.973 bits per heavy atom. The van der Waals surface area contributed by atoms with Crippen LogP contribution in [0.25, 0.3) is 0 Å². The van der Waals surface area contributed by atoms with E-state index in [0.717, 1.165) is 13.8 Å². The van der Waals surface area contributed by atoms with Gasteiger partial charge >= 0.3 is 0 Å². The maximum absolute atomic E-state index is 13.9. The van der Waals surface area contributed by atoms with E-state index in [9.17, 15) is 142 Å². The summed E-state index contributed by atoms with van der Waals surface area (Å²) < 4.78 is 115. The number of nitrogens with one attached hydrogen (secondary N) is 2. The molecule has 0 aromatic carbocycles. The van der Waals surface area contributed by atoms with Gasteiger partial charge in [0.2, 0.25) is 11.8 Å². The summed E-state index contributed by atoms with van der Waals surface area (Å²) in [5, 5.41) is 293. The van der Waals surface area contributed by atoms with Crippen LogP contribution in [0, 0.1) is 0 Å². The molecule has 10 fully saturated rings. The van der Waals surface area contributed by atoms with Gasteiger partial charge in [0.05, 0.1) is 64.1 Å². The molecule has 10 saturated heterocycles. The van der Waals surface area contributed by atoms with Crippen LogP contribution in [-0.2, 0) is 99.6 Å². The summed E-state index contributed by atoms with van der Waals surface area (Å²) in [5.74, 6) is -1.99. The van der Waals surface area contributed by atoms with Crippen molar-refractivity contribution in [3.63, 3.8) is 0 Å². The molecule has 10 aliphatic rings. The predicted molar refractivity (Wildman–Crippen MR) is 347 cm³/mol. The number of aliphatic hydroxyl groups excluding tert-OH is 26. The monoisotopic (exact) mass is 1660 g/mol. The summed E-state index contributed by atoms with van der Waals surface area (Å²) in [6.45, 7) is 0.148. The molecule has 0 unspecified atom stereocenters. The first-order valence-electron chi connectivity index (χ1n) is 36.6. The lowest BCUT2D eigenvalue weighted by atomic mass is 9.92. The number of carbonyl (C=O) groups excluding carboxylic acids is 2. The van der Waals surface area contributed by atoms with Crippen LogP contribution in [0.4, 0.5) is 0 Å². The third-order valence-corrected chi connectivity index (χ3v) is 21.5. The van der Waals surface area contributed by atoms with Gasteiger partial charge in [-0.25, -0.2) is 0 Å². The van der Waals surface area contributed by atoms with Crippen molar-refractivity contribution in [2.45, 2.75) is 348 Å². The molecule has 49 nitrogen and oxygen atoms in total. The number of carbonyl (C=O) groups is 2. The van der Waals surface area contributed by atoms with Gasteiger partial charge < -0.3 is 233 Å². The number of hydrogen-bond donors (Lipinski definition) is 28. The minimum absolute atomic E-state index is 0.879. The normalized spacial score (nSPS) is 52.8. The minimum Gasteiger partial charge on any atom is -0.394 e. The van der Waals surface area contributed by atoms with Crippen LogP contribution in [0.1, 0.15) is 41.5 Å². The zero-order chi connectivity index (χ0) is 83.1. The number of ether oxygens (including phenoxy) is 19. The molecule has 0 aromatic rings. The predicted octanol–water partition coefficient (Wildman–Crippen LogP) is -18.4. The fraction of sp³-hybridized carbons (Fsp3) is 0.969. The fourth-order valence-electron chi connectivity index (χ4n) is 14.9. The molecule has 50 atom stereocenters. The lowest BCUT2D eigenvalue weighted by molar-refractivity contribution is -0.412. The van der Waals surface area contributed by atoms with Crippen LogP contribution in [-0.4, -0.2) is 491 Å². The highest BCUT2D eigenvalue weighted by atomic mass is 16.8. The van der Waals surface area contributed by atoms with Gasteiger partial charge in [0.25, 0.3) is 0 Å². The van der Waals surface area contributed by atoms with Crippen molar-refractivity contribution in [1.29, 1.82) is 0 Å². The highest BCUT2D eigenvalue weighted by molar-refractivity contribution is 5.73. The third kappa shape index (κ3) is 19.7. The van der Waals surface area contributed by atoms with Crippen molar-refractivity contribution in [1.82, 2.24) is 10.6 Å². The molecule has 0 saturated carbocycles. The largest absolute Gasteiger partial charge is 0.394 e. The Labute approximate surface area is 641 Å². The highest BCUT2D eigenvalue weighted by Crippen LogP contribution is 2.42. The van der Waals surface area contributed by atoms with E-state index in [1.807, 2.05) is 0 Å². The molecule has 0 bridgehead atoms. The highest BCUT2D eigenvalue weighted by Gasteiger charge is 2.62. The average molecular weight is 1660 g/mol. The minimum atomic E-state index is -2.59. The molecule has 656 valence electrons. The van der Waals surface area contributed by atoms with Crippen LogP contribution in [0.3, 0.4) is 0 Å². The van der Waals surface area contributed by atoms with Crippen molar-refractivity contribution >= 4 is 11.8 Å². The molecule has 0 aliphatic carbocycles. The van der Waals surface area contributed by atoms with E-state index in [1.54, 1.807) is 0 Å². The summed E-state index contributed by atoms with van der Waals surface area (Å²) in [7, 11) is 0. The second-order valence-electron chi connectivity index (χ2n) is 29.4. The van der Waals surface area contributed by atoms with Crippen LogP contribution < -0.4 is 10.6 Å². The number of hydrogen-bond acceptors (Lipinski definition) is 47. The number of rotatable bonds is 26. The molecule has 0 radical (unpaired) electrons. The smallest absolute Gasteiger partial charge is 0.217 e. The van der Waals surface area contributed by atoms with Gasteiger partial charge in [0.1, 0.15) is 220 Å². The summed E-state index contributed by atoms with van der Waals surface area (Å²) in [6.07, 6.45) is -97.2. The molecule has 0 spiro atoms. The SMILES string of the molecule is CC(=O)N[C@@H]1[C@@H](O[C@@H]2O[C@@H](C)[C@@H](O)[C@@H](O)[C@@H]2O)[C@H](O[C@@H]2O[C@H](CO)[C@@H](O[C@@H]3O[C@H](CO)[C@@H](O[C@@H]4O[C@H](CO)[C@H](O)[C@H](O)[C@H]4O[C@@H]4O[C@@H](C)[C@@H](O)[C@@H](O)[C@@H]4O)[C@H](O[C@H]4O[C@H](CO)[C@@H](O)[C@H](O)[C@@H]4O)[C@@H]3O)[C@H](O[C@@H]3O[C@@H](C)[C@@H](O)[C@@H](O)[C@@H]3O)[C@H]2NC(C)=O)[C@@H](CO[C@@H]2O[C@@H](C)[C@@H](O[C@@H]3O[C@H](CO)[C@H](O)[C@H](O)[C@H]3O)[C@@H](O)[C@@H]2O)O[C@H]1O. The maximum Gasteiger partial charge on any atom is 0.217 e. The van der Waals surface area contributed by atoms with Gasteiger partial charge in [-0.05, 0) is 27.7 Å². The van der Waals surface area contributed by atoms with E-state index in [2.05, 4.69) is 10.6 Å². The summed E-state index contributed by atoms with van der Waals surface area (Å²) in [5.41, 5.74) is 0. The third-order valence-electron chi connectivity index (χ3n) is 21.5. The van der Waals surface area contributed by atoms with Crippen molar-refractivity contribution in [2.24, 2.45) is 0 Å². The van der Waals surface area contributed by atoms with Crippen molar-refractivity contribution in [3.05, 3.63) is 0 Å². The first-order valence-corrected chi connectivity index (χ1v) is 36.6. The van der Waals surface area contributed by atoms with E-state index < -0.39 is 358 Å². The quantitative estimate of drug-likeness (QED) is 0.0382. The van der Waals surface area contributed by atoms with Crippen molar-refractivity contribution in [2.75, 3.05) is 39.6 Å². The van der Waals surface area contributed by atoms with Crippen molar-refractivity contribution < 1.29 is 232 Å². The Morgan fingerprint density at radius 2 is 0.531 bits per heavy atom. The molecule has 2 amide bonds. The standard InChI is InChI=1S/C64H108N2O47/c1-13-27(74)33(80)40(87)58(96-13)110-51-25(65-17(5)72)55(94)100-24(12-95-57-45(92)39(86)47(16(4)99-57)106-61-43(90)36(83)30(77)19(7-67)101-61)50(51)107-56-26(66-18(6)73)52(111-59-41(88)34(81)28(75)14(2)97-59)48(22(10-70)104-56)108-63-46(93)53(112-62-44(91)37(84)31(78)20(8-68)102-62)49(23(11-71)105-63)109-64-54(38(85)32(79)21(9-69)103-64)113-60-42(89)35(82)29(76)15(3)98-60/h13-16,19-64,67-71,74-94H,7-12H2,1-6H3,(H,65,72)(H,66,73)/t13-,14-,15-,16-,19+,20+,21+,22+,23+,24+,25+,26+,27+,28+,29+,30-,31+,32-,33+,34+,35+,36-,37-,38-,39-,40-,41-,42-,43+,44-,45-,46-,47+,48+,49+,50+,51+,52+,53+,54+,55+,56-,57+,58-,59-,60-,61-,62+,63-,64-/m0/s1. The van der Waals surface area contributed by atoms with Gasteiger partial charge in [-0.1, -0.05) is 0 Å². The van der Waals surface area contributed by atoms with E-state index >= 15 is 0 Å². The van der Waals surface area contributed by atoms with Gasteiger partial charge in [-0.3, -0.25) is 9.59 Å². The molecule has 10 aliphatic heterocycles. The van der Waals surface area contributed by atoms with Crippen molar-refractivity contribution in [3.8, 4) is 0 Å². The zero-order valence-electron chi connectivity index (χ0n) is 61.3. The maximum atomic E-state index is 13.9. The van der Waals surface area contributed by atoms with E-state index in [-0.39, 0.29) is 0 Å². The molecule has 0 aromatic heterocycles. The van der Waals surface area contributed by atoms with E-state index in [1.165, 1.54) is 27.7 Å². The first kappa shape index (κ1) is 92.4. The molecule has 49 heteroatoms. The van der Waals surface area contributed by atoms with E-state index in [4.69, 9.17) is 90.0 Å².